The van der Waals surface area contributed by atoms with E-state index in [9.17, 15) is 8.42 Å². The fourth-order valence-electron chi connectivity index (χ4n) is 2.07. The van der Waals surface area contributed by atoms with E-state index in [1.807, 2.05) is 12.1 Å². The molecule has 2 heterocycles. The number of pyridine rings is 1. The lowest BCUT2D eigenvalue weighted by Gasteiger charge is -2.16. The van der Waals surface area contributed by atoms with Crippen LogP contribution in [0, 0.1) is 0 Å². The standard InChI is InChI=1S/C13H20N4O3S/c1-14-13(17-11-4-8-21(18,19)10-11)16-6-7-20-12-3-2-5-15-9-12/h2-3,5,9,11H,4,6-8,10H2,1H3,(H2,14,16,17). The van der Waals surface area contributed by atoms with Crippen molar-refractivity contribution in [2.45, 2.75) is 12.5 Å². The van der Waals surface area contributed by atoms with E-state index in [1.165, 1.54) is 0 Å². The van der Waals surface area contributed by atoms with Crippen molar-refractivity contribution in [1.29, 1.82) is 0 Å². The lowest BCUT2D eigenvalue weighted by atomic mass is 10.3. The summed E-state index contributed by atoms with van der Waals surface area (Å²) in [6, 6.07) is 3.58. The third-order valence-electron chi connectivity index (χ3n) is 3.09. The Kier molecular flexibility index (Phi) is 5.38. The highest BCUT2D eigenvalue weighted by Gasteiger charge is 2.28. The van der Waals surface area contributed by atoms with Crippen LogP contribution < -0.4 is 15.4 Å². The molecule has 2 N–H and O–H groups in total. The predicted molar refractivity (Wildman–Crippen MR) is 81.3 cm³/mol. The number of hydrogen-bond acceptors (Lipinski definition) is 5. The van der Waals surface area contributed by atoms with Crippen LogP contribution in [0.3, 0.4) is 0 Å². The molecular weight excluding hydrogens is 292 g/mol. The molecule has 1 unspecified atom stereocenters. The summed E-state index contributed by atoms with van der Waals surface area (Å²) in [6.07, 6.45) is 3.96. The van der Waals surface area contributed by atoms with Gasteiger partial charge in [0, 0.05) is 19.3 Å². The minimum absolute atomic E-state index is 0.0690. The van der Waals surface area contributed by atoms with Crippen LogP contribution in [0.1, 0.15) is 6.42 Å². The number of rotatable bonds is 5. The van der Waals surface area contributed by atoms with E-state index in [1.54, 1.807) is 19.4 Å². The molecule has 1 atom stereocenters. The number of ether oxygens (including phenoxy) is 1. The van der Waals surface area contributed by atoms with E-state index in [-0.39, 0.29) is 17.5 Å². The second-order valence-corrected chi connectivity index (χ2v) is 7.01. The SMILES string of the molecule is CN=C(NCCOc1cccnc1)NC1CCS(=O)(=O)C1. The number of sulfone groups is 1. The van der Waals surface area contributed by atoms with Crippen molar-refractivity contribution in [2.75, 3.05) is 31.7 Å². The van der Waals surface area contributed by atoms with Gasteiger partial charge in [0.2, 0.25) is 0 Å². The monoisotopic (exact) mass is 312 g/mol. The number of nitrogens with one attached hydrogen (secondary N) is 2. The van der Waals surface area contributed by atoms with Crippen LogP contribution in [-0.2, 0) is 9.84 Å². The van der Waals surface area contributed by atoms with Crippen molar-refractivity contribution in [2.24, 2.45) is 4.99 Å². The lowest BCUT2D eigenvalue weighted by Crippen LogP contribution is -2.45. The van der Waals surface area contributed by atoms with Gasteiger partial charge >= 0.3 is 0 Å². The van der Waals surface area contributed by atoms with Crippen LogP contribution in [0.5, 0.6) is 5.75 Å². The zero-order valence-electron chi connectivity index (χ0n) is 11.9. The van der Waals surface area contributed by atoms with Gasteiger partial charge in [-0.1, -0.05) is 0 Å². The molecule has 0 spiro atoms. The van der Waals surface area contributed by atoms with Gasteiger partial charge in [-0.2, -0.15) is 0 Å². The fraction of sp³-hybridized carbons (Fsp3) is 0.538. The average Bonchev–Trinajstić information content (AvgIpc) is 2.82. The number of aliphatic imine (C=N–C) groups is 1. The third kappa shape index (κ3) is 5.22. The molecule has 1 saturated heterocycles. The second kappa shape index (κ2) is 7.26. The highest BCUT2D eigenvalue weighted by atomic mass is 32.2. The van der Waals surface area contributed by atoms with Gasteiger partial charge in [0.15, 0.2) is 15.8 Å². The van der Waals surface area contributed by atoms with E-state index in [4.69, 9.17) is 4.74 Å². The molecule has 1 aromatic heterocycles. The minimum Gasteiger partial charge on any atom is -0.490 e. The number of hydrogen-bond donors (Lipinski definition) is 2. The molecule has 8 heteroatoms. The van der Waals surface area contributed by atoms with Gasteiger partial charge < -0.3 is 15.4 Å². The van der Waals surface area contributed by atoms with Gasteiger partial charge in [-0.25, -0.2) is 8.42 Å². The summed E-state index contributed by atoms with van der Waals surface area (Å²) in [5.74, 6) is 1.71. The topological polar surface area (TPSA) is 92.7 Å². The Morgan fingerprint density at radius 3 is 3.05 bits per heavy atom. The van der Waals surface area contributed by atoms with Crippen LogP contribution in [-0.4, -0.2) is 57.1 Å². The molecule has 1 aliphatic heterocycles. The maximum absolute atomic E-state index is 11.4. The quantitative estimate of drug-likeness (QED) is 0.445. The normalized spacial score (nSPS) is 21.0. The summed E-state index contributed by atoms with van der Waals surface area (Å²) in [5, 5.41) is 6.20. The molecule has 0 radical (unpaired) electrons. The summed E-state index contributed by atoms with van der Waals surface area (Å²) in [5.41, 5.74) is 0. The van der Waals surface area contributed by atoms with Gasteiger partial charge in [0.05, 0.1) is 24.2 Å². The molecule has 0 amide bonds. The number of nitrogens with zero attached hydrogens (tertiary/aromatic N) is 2. The van der Waals surface area contributed by atoms with Gasteiger partial charge in [-0.3, -0.25) is 9.98 Å². The van der Waals surface area contributed by atoms with Crippen LogP contribution in [0.25, 0.3) is 0 Å². The van der Waals surface area contributed by atoms with Gasteiger partial charge in [-0.15, -0.1) is 0 Å². The first kappa shape index (κ1) is 15.6. The molecule has 0 aliphatic carbocycles. The summed E-state index contributed by atoms with van der Waals surface area (Å²) in [6.45, 7) is 1.03. The lowest BCUT2D eigenvalue weighted by molar-refractivity contribution is 0.320. The van der Waals surface area contributed by atoms with E-state index in [0.29, 0.717) is 31.3 Å². The smallest absolute Gasteiger partial charge is 0.191 e. The number of guanidine groups is 1. The Labute approximate surface area is 124 Å². The Hall–Kier alpha value is -1.83. The van der Waals surface area contributed by atoms with Crippen molar-refractivity contribution in [3.63, 3.8) is 0 Å². The van der Waals surface area contributed by atoms with Gasteiger partial charge in [-0.05, 0) is 18.6 Å². The number of aromatic nitrogens is 1. The van der Waals surface area contributed by atoms with Crippen LogP contribution in [0.4, 0.5) is 0 Å². The Morgan fingerprint density at radius 1 is 1.57 bits per heavy atom. The maximum Gasteiger partial charge on any atom is 0.191 e. The van der Waals surface area contributed by atoms with Gasteiger partial charge in [0.1, 0.15) is 12.4 Å². The highest BCUT2D eigenvalue weighted by Crippen LogP contribution is 2.10. The van der Waals surface area contributed by atoms with E-state index >= 15 is 0 Å². The first-order chi connectivity index (χ1) is 10.1. The highest BCUT2D eigenvalue weighted by molar-refractivity contribution is 7.91. The molecule has 0 aromatic carbocycles. The maximum atomic E-state index is 11.4. The van der Waals surface area contributed by atoms with E-state index in [0.717, 1.165) is 0 Å². The fourth-order valence-corrected chi connectivity index (χ4v) is 3.74. The molecule has 21 heavy (non-hydrogen) atoms. The third-order valence-corrected chi connectivity index (χ3v) is 4.86. The molecule has 1 aliphatic rings. The Bertz CT molecular complexity index is 574. The summed E-state index contributed by atoms with van der Waals surface area (Å²) in [7, 11) is -1.23. The molecule has 2 rings (SSSR count). The van der Waals surface area contributed by atoms with Crippen LogP contribution >= 0.6 is 0 Å². The zero-order chi connectivity index (χ0) is 15.1. The first-order valence-electron chi connectivity index (χ1n) is 6.79. The van der Waals surface area contributed by atoms with Crippen molar-refractivity contribution >= 4 is 15.8 Å². The molecule has 0 bridgehead atoms. The van der Waals surface area contributed by atoms with Crippen molar-refractivity contribution in [3.05, 3.63) is 24.5 Å². The molecule has 0 saturated carbocycles. The minimum atomic E-state index is -2.89. The molecule has 1 fully saturated rings. The first-order valence-corrected chi connectivity index (χ1v) is 8.61. The zero-order valence-corrected chi connectivity index (χ0v) is 12.8. The molecule has 1 aromatic rings. The van der Waals surface area contributed by atoms with Crippen LogP contribution in [0.15, 0.2) is 29.5 Å². The Balaban J connectivity index is 1.69. The largest absolute Gasteiger partial charge is 0.490 e. The molecule has 116 valence electrons. The molecular formula is C13H20N4O3S. The summed E-state index contributed by atoms with van der Waals surface area (Å²) in [4.78, 5) is 8.03. The van der Waals surface area contributed by atoms with Crippen molar-refractivity contribution in [1.82, 2.24) is 15.6 Å². The summed E-state index contributed by atoms with van der Waals surface area (Å²) < 4.78 is 28.3. The Morgan fingerprint density at radius 2 is 2.43 bits per heavy atom. The summed E-state index contributed by atoms with van der Waals surface area (Å²) >= 11 is 0. The second-order valence-electron chi connectivity index (χ2n) is 4.78. The van der Waals surface area contributed by atoms with E-state index in [2.05, 4.69) is 20.6 Å². The molecule has 7 nitrogen and oxygen atoms in total. The predicted octanol–water partition coefficient (Wildman–Crippen LogP) is -0.187. The van der Waals surface area contributed by atoms with Crippen molar-refractivity contribution in [3.8, 4) is 5.75 Å². The van der Waals surface area contributed by atoms with E-state index < -0.39 is 9.84 Å². The average molecular weight is 312 g/mol. The van der Waals surface area contributed by atoms with Crippen molar-refractivity contribution < 1.29 is 13.2 Å². The van der Waals surface area contributed by atoms with Gasteiger partial charge in [0.25, 0.3) is 0 Å². The van der Waals surface area contributed by atoms with Crippen LogP contribution in [0.2, 0.25) is 0 Å².